The zero-order valence-corrected chi connectivity index (χ0v) is 19.4. The summed E-state index contributed by atoms with van der Waals surface area (Å²) in [4.78, 5) is 14.2. The molecule has 0 saturated heterocycles. The number of allylic oxidation sites excluding steroid dienone is 6. The van der Waals surface area contributed by atoms with Gasteiger partial charge in [-0.3, -0.25) is 4.79 Å². The summed E-state index contributed by atoms with van der Waals surface area (Å²) in [6.45, 7) is 9.36. The Morgan fingerprint density at radius 1 is 0.897 bits per heavy atom. The van der Waals surface area contributed by atoms with Crippen LogP contribution in [0.1, 0.15) is 97.8 Å². The van der Waals surface area contributed by atoms with Crippen molar-refractivity contribution in [3.63, 3.8) is 0 Å². The third-order valence-corrected chi connectivity index (χ3v) is 5.36. The van der Waals surface area contributed by atoms with E-state index in [4.69, 9.17) is 0 Å². The Labute approximate surface area is 180 Å². The summed E-state index contributed by atoms with van der Waals surface area (Å²) in [5.74, 6) is 0.223. The first-order chi connectivity index (χ1) is 14.1. The first kappa shape index (κ1) is 25.7. The minimum Gasteiger partial charge on any atom is -0.353 e. The van der Waals surface area contributed by atoms with E-state index in [9.17, 15) is 4.79 Å². The highest BCUT2D eigenvalue weighted by molar-refractivity contribution is 5.76. The third-order valence-electron chi connectivity index (χ3n) is 5.36. The summed E-state index contributed by atoms with van der Waals surface area (Å²) in [6, 6.07) is 1.15. The van der Waals surface area contributed by atoms with E-state index in [1.54, 1.807) is 0 Å². The summed E-state index contributed by atoms with van der Waals surface area (Å²) < 4.78 is 0. The van der Waals surface area contributed by atoms with Crippen molar-refractivity contribution in [3.05, 3.63) is 36.5 Å². The molecule has 0 atom stereocenters. The molecule has 29 heavy (non-hydrogen) atoms. The van der Waals surface area contributed by atoms with Crippen LogP contribution in [0.2, 0.25) is 0 Å². The monoisotopic (exact) mass is 402 g/mol. The van der Waals surface area contributed by atoms with Gasteiger partial charge in [-0.15, -0.1) is 0 Å². The predicted molar refractivity (Wildman–Crippen MR) is 127 cm³/mol. The van der Waals surface area contributed by atoms with Crippen molar-refractivity contribution in [2.45, 2.75) is 110 Å². The lowest BCUT2D eigenvalue weighted by Crippen LogP contribution is -2.32. The van der Waals surface area contributed by atoms with Gasteiger partial charge in [0.05, 0.1) is 0 Å². The summed E-state index contributed by atoms with van der Waals surface area (Å²) >= 11 is 0. The van der Waals surface area contributed by atoms with Crippen LogP contribution in [0.3, 0.4) is 0 Å². The van der Waals surface area contributed by atoms with Gasteiger partial charge < -0.3 is 10.2 Å². The van der Waals surface area contributed by atoms with Gasteiger partial charge in [0.2, 0.25) is 5.91 Å². The number of carbonyl (C=O) groups is 1. The van der Waals surface area contributed by atoms with Crippen molar-refractivity contribution in [1.82, 2.24) is 10.2 Å². The summed E-state index contributed by atoms with van der Waals surface area (Å²) in [7, 11) is 0. The number of hydrogen-bond acceptors (Lipinski definition) is 2. The molecule has 1 amide bonds. The van der Waals surface area contributed by atoms with Crippen LogP contribution in [0.5, 0.6) is 0 Å². The van der Waals surface area contributed by atoms with Gasteiger partial charge in [0.15, 0.2) is 0 Å². The molecule has 0 unspecified atom stereocenters. The maximum absolute atomic E-state index is 11.6. The van der Waals surface area contributed by atoms with Gasteiger partial charge >= 0.3 is 0 Å². The van der Waals surface area contributed by atoms with Crippen molar-refractivity contribution in [2.75, 3.05) is 13.1 Å². The van der Waals surface area contributed by atoms with Crippen LogP contribution < -0.4 is 5.32 Å². The molecule has 3 nitrogen and oxygen atoms in total. The maximum Gasteiger partial charge on any atom is 0.220 e. The van der Waals surface area contributed by atoms with Gasteiger partial charge in [0.25, 0.3) is 0 Å². The molecule has 1 aliphatic rings. The van der Waals surface area contributed by atoms with Gasteiger partial charge in [0, 0.05) is 18.5 Å². The Bertz CT molecular complexity index is 489. The molecule has 0 spiro atoms. The number of hydrogen-bond donors (Lipinski definition) is 1. The molecule has 0 aromatic heterocycles. The van der Waals surface area contributed by atoms with E-state index in [1.807, 2.05) is 0 Å². The normalized spacial score (nSPS) is 14.9. The molecule has 166 valence electrons. The molecule has 0 aromatic carbocycles. The quantitative estimate of drug-likeness (QED) is 0.208. The number of unbranched alkanes of at least 4 members (excludes halogenated alkanes) is 4. The van der Waals surface area contributed by atoms with E-state index < -0.39 is 0 Å². The smallest absolute Gasteiger partial charge is 0.220 e. The molecular weight excluding hydrogens is 356 g/mol. The molecule has 0 heterocycles. The van der Waals surface area contributed by atoms with Crippen molar-refractivity contribution < 1.29 is 4.79 Å². The lowest BCUT2D eigenvalue weighted by Gasteiger charge is -2.26. The summed E-state index contributed by atoms with van der Waals surface area (Å²) in [6.07, 6.45) is 26.9. The molecular formula is C26H46N2O. The molecule has 0 aliphatic heterocycles. The minimum absolute atomic E-state index is 0.223. The molecule has 0 bridgehead atoms. The Morgan fingerprint density at radius 2 is 1.48 bits per heavy atom. The van der Waals surface area contributed by atoms with Crippen LogP contribution in [0, 0.1) is 0 Å². The fourth-order valence-corrected chi connectivity index (χ4v) is 3.29. The summed E-state index contributed by atoms with van der Waals surface area (Å²) in [5.41, 5.74) is 0. The topological polar surface area (TPSA) is 32.3 Å². The van der Waals surface area contributed by atoms with Gasteiger partial charge in [-0.2, -0.15) is 0 Å². The predicted octanol–water partition coefficient (Wildman–Crippen LogP) is 6.56. The van der Waals surface area contributed by atoms with E-state index in [0.29, 0.717) is 18.5 Å². The average molecular weight is 403 g/mol. The van der Waals surface area contributed by atoms with Crippen molar-refractivity contribution >= 4 is 5.91 Å². The number of rotatable bonds is 18. The highest BCUT2D eigenvalue weighted by Gasteiger charge is 2.22. The fraction of sp³-hybridized carbons (Fsp3) is 0.731. The molecule has 1 N–H and O–H groups in total. The average Bonchev–Trinajstić information content (AvgIpc) is 3.50. The van der Waals surface area contributed by atoms with Crippen LogP contribution in [0.4, 0.5) is 0 Å². The number of nitrogens with zero attached hydrogens (tertiary/aromatic N) is 1. The zero-order valence-electron chi connectivity index (χ0n) is 19.4. The number of amides is 1. The molecule has 0 radical (unpaired) electrons. The molecule has 1 saturated carbocycles. The fourth-order valence-electron chi connectivity index (χ4n) is 3.29. The van der Waals surface area contributed by atoms with Crippen molar-refractivity contribution in [3.8, 4) is 0 Å². The standard InChI is InChI=1S/C26H46N2O/c1-4-5-17-22-28(24(2)3)23-18-15-13-11-9-7-6-8-10-12-14-16-19-26(29)27-25-20-21-25/h6-7,10-13,24-25H,4-5,8-9,14-23H2,1-3H3,(H,27,29)/b7-6-,12-10-,13-11-. The van der Waals surface area contributed by atoms with Crippen molar-refractivity contribution in [1.29, 1.82) is 0 Å². The molecule has 1 fully saturated rings. The largest absolute Gasteiger partial charge is 0.353 e. The second-order valence-electron chi connectivity index (χ2n) is 8.60. The van der Waals surface area contributed by atoms with Gasteiger partial charge in [-0.25, -0.2) is 0 Å². The number of nitrogens with one attached hydrogen (secondary N) is 1. The van der Waals surface area contributed by atoms with Crippen LogP contribution in [0.25, 0.3) is 0 Å². The Morgan fingerprint density at radius 3 is 2.07 bits per heavy atom. The van der Waals surface area contributed by atoms with Crippen molar-refractivity contribution in [2.24, 2.45) is 0 Å². The first-order valence-corrected chi connectivity index (χ1v) is 12.1. The van der Waals surface area contributed by atoms with Gasteiger partial charge in [0.1, 0.15) is 0 Å². The van der Waals surface area contributed by atoms with Crippen LogP contribution in [-0.4, -0.2) is 36.0 Å². The third kappa shape index (κ3) is 16.2. The van der Waals surface area contributed by atoms with E-state index in [0.717, 1.165) is 25.7 Å². The van der Waals surface area contributed by atoms with Crippen LogP contribution in [-0.2, 0) is 4.79 Å². The summed E-state index contributed by atoms with van der Waals surface area (Å²) in [5, 5.41) is 3.03. The van der Waals surface area contributed by atoms with Crippen LogP contribution >= 0.6 is 0 Å². The molecule has 0 aromatic rings. The zero-order chi connectivity index (χ0) is 21.2. The first-order valence-electron chi connectivity index (χ1n) is 12.1. The SMILES string of the molecule is CCCCCN(CCC/C=C\C/C=C\C/C=C\CCCC(=O)NC1CC1)C(C)C. The number of carbonyl (C=O) groups excluding carboxylic acids is 1. The Balaban J connectivity index is 1.94. The highest BCUT2D eigenvalue weighted by Crippen LogP contribution is 2.18. The lowest BCUT2D eigenvalue weighted by atomic mass is 10.2. The highest BCUT2D eigenvalue weighted by atomic mass is 16.1. The van der Waals surface area contributed by atoms with E-state index in [-0.39, 0.29) is 5.91 Å². The van der Waals surface area contributed by atoms with E-state index >= 15 is 0 Å². The van der Waals surface area contributed by atoms with Crippen LogP contribution in [0.15, 0.2) is 36.5 Å². The molecule has 1 rings (SSSR count). The minimum atomic E-state index is 0.223. The van der Waals surface area contributed by atoms with Gasteiger partial charge in [-0.1, -0.05) is 56.2 Å². The maximum atomic E-state index is 11.6. The molecule has 3 heteroatoms. The Kier molecular flexibility index (Phi) is 15.5. The van der Waals surface area contributed by atoms with E-state index in [1.165, 1.54) is 58.0 Å². The lowest BCUT2D eigenvalue weighted by molar-refractivity contribution is -0.121. The molecule has 1 aliphatic carbocycles. The Hall–Kier alpha value is -1.35. The van der Waals surface area contributed by atoms with Gasteiger partial charge in [-0.05, 0) is 84.7 Å². The second-order valence-corrected chi connectivity index (χ2v) is 8.60. The second kappa shape index (κ2) is 17.5. The van der Waals surface area contributed by atoms with E-state index in [2.05, 4.69) is 67.4 Å².